The predicted molar refractivity (Wildman–Crippen MR) is 104 cm³/mol. The van der Waals surface area contributed by atoms with Crippen molar-refractivity contribution in [3.05, 3.63) is 41.5 Å². The highest BCUT2D eigenvalue weighted by atomic mass is 35.5. The minimum atomic E-state index is -3.90. The van der Waals surface area contributed by atoms with E-state index in [-0.39, 0.29) is 28.0 Å². The molecule has 3 rings (SSSR count). The first-order valence-corrected chi connectivity index (χ1v) is 10.2. The number of hydrogen-bond acceptors (Lipinski definition) is 6. The zero-order valence-corrected chi connectivity index (χ0v) is 16.6. The summed E-state index contributed by atoms with van der Waals surface area (Å²) >= 11 is 1.02. The maximum absolute atomic E-state index is 14.0. The lowest BCUT2D eigenvalue weighted by Gasteiger charge is -2.31. The number of amides is 1. The zero-order valence-electron chi connectivity index (χ0n) is 14.1. The molecule has 0 saturated carbocycles. The molecule has 1 aliphatic heterocycles. The molecule has 148 valence electrons. The molecule has 1 saturated heterocycles. The van der Waals surface area contributed by atoms with Crippen molar-refractivity contribution in [1.29, 1.82) is 0 Å². The lowest BCUT2D eigenvalue weighted by molar-refractivity contribution is -0.124. The molecule has 1 amide bonds. The first-order chi connectivity index (χ1) is 12.3. The molecule has 0 unspecified atom stereocenters. The molecule has 4 N–H and O–H groups in total. The van der Waals surface area contributed by atoms with Crippen LogP contribution in [-0.4, -0.2) is 33.1 Å². The number of anilines is 2. The third kappa shape index (κ3) is 4.96. The summed E-state index contributed by atoms with van der Waals surface area (Å²) in [5.41, 5.74) is 5.03. The van der Waals surface area contributed by atoms with Gasteiger partial charge < -0.3 is 15.8 Å². The van der Waals surface area contributed by atoms with Crippen molar-refractivity contribution >= 4 is 51.0 Å². The largest absolute Gasteiger partial charge is 0.381 e. The summed E-state index contributed by atoms with van der Waals surface area (Å²) in [6, 6.07) is 6.65. The number of rotatable bonds is 5. The molecule has 1 aliphatic rings. The second kappa shape index (κ2) is 8.53. The molecule has 11 heteroatoms. The van der Waals surface area contributed by atoms with Gasteiger partial charge in [-0.1, -0.05) is 6.07 Å². The summed E-state index contributed by atoms with van der Waals surface area (Å²) in [6.07, 6.45) is 0.746. The molecule has 2 heterocycles. The number of benzene rings is 1. The Labute approximate surface area is 166 Å². The van der Waals surface area contributed by atoms with E-state index in [0.29, 0.717) is 26.1 Å². The molecule has 2 aromatic rings. The molecular formula is C16H19ClFN3O4S2. The van der Waals surface area contributed by atoms with Crippen LogP contribution in [0.3, 0.4) is 0 Å². The number of ether oxygens (including phenoxy) is 1. The number of carbonyl (C=O) groups excluding carboxylic acids is 1. The van der Waals surface area contributed by atoms with E-state index >= 15 is 0 Å². The Bertz CT molecular complexity index is 900. The van der Waals surface area contributed by atoms with Gasteiger partial charge in [0.1, 0.15) is 15.6 Å². The van der Waals surface area contributed by atoms with Gasteiger partial charge in [0, 0.05) is 18.9 Å². The van der Waals surface area contributed by atoms with Crippen molar-refractivity contribution in [2.75, 3.05) is 23.3 Å². The number of nitrogens with two attached hydrogens (primary N) is 1. The van der Waals surface area contributed by atoms with Crippen molar-refractivity contribution in [2.24, 2.45) is 5.73 Å². The summed E-state index contributed by atoms with van der Waals surface area (Å²) < 4.78 is 46.0. The minimum Gasteiger partial charge on any atom is -0.381 e. The van der Waals surface area contributed by atoms with Gasteiger partial charge in [0.05, 0.1) is 5.69 Å². The van der Waals surface area contributed by atoms with Gasteiger partial charge in [-0.2, -0.15) is 0 Å². The van der Waals surface area contributed by atoms with Gasteiger partial charge in [-0.15, -0.1) is 23.7 Å². The summed E-state index contributed by atoms with van der Waals surface area (Å²) in [4.78, 5) is 12.4. The average Bonchev–Trinajstić information content (AvgIpc) is 3.14. The van der Waals surface area contributed by atoms with Crippen LogP contribution in [0.2, 0.25) is 0 Å². The SMILES string of the molecule is Cl.NC1(C(=O)Nc2ccc(F)c(NS(=O)(=O)c3cccs3)c2)CCOCC1. The molecule has 0 radical (unpaired) electrons. The first kappa shape index (κ1) is 21.6. The number of carbonyl (C=O) groups is 1. The number of thiophene rings is 1. The number of halogens is 2. The van der Waals surface area contributed by atoms with Gasteiger partial charge in [0.2, 0.25) is 5.91 Å². The van der Waals surface area contributed by atoms with Gasteiger partial charge >= 0.3 is 0 Å². The number of hydrogen-bond donors (Lipinski definition) is 3. The molecular weight excluding hydrogens is 417 g/mol. The Morgan fingerprint density at radius 2 is 1.96 bits per heavy atom. The third-order valence-electron chi connectivity index (χ3n) is 4.07. The van der Waals surface area contributed by atoms with Crippen LogP contribution in [0.4, 0.5) is 15.8 Å². The molecule has 7 nitrogen and oxygen atoms in total. The molecule has 1 fully saturated rings. The van der Waals surface area contributed by atoms with Crippen LogP contribution in [0.5, 0.6) is 0 Å². The molecule has 0 aliphatic carbocycles. The highest BCUT2D eigenvalue weighted by molar-refractivity contribution is 7.94. The van der Waals surface area contributed by atoms with Gasteiger partial charge in [-0.05, 0) is 42.5 Å². The van der Waals surface area contributed by atoms with Crippen LogP contribution in [0, 0.1) is 5.82 Å². The number of sulfonamides is 1. The van der Waals surface area contributed by atoms with Crippen LogP contribution >= 0.6 is 23.7 Å². The summed E-state index contributed by atoms with van der Waals surface area (Å²) in [6.45, 7) is 0.776. The Balaban J connectivity index is 0.00000261. The van der Waals surface area contributed by atoms with Gasteiger partial charge in [-0.25, -0.2) is 12.8 Å². The van der Waals surface area contributed by atoms with Crippen LogP contribution in [0.25, 0.3) is 0 Å². The third-order valence-corrected chi connectivity index (χ3v) is 6.83. The van der Waals surface area contributed by atoms with Gasteiger partial charge in [0.15, 0.2) is 0 Å². The van der Waals surface area contributed by atoms with Crippen molar-refractivity contribution in [3.63, 3.8) is 0 Å². The average molecular weight is 436 g/mol. The second-order valence-corrected chi connectivity index (χ2v) is 8.81. The van der Waals surface area contributed by atoms with Crippen LogP contribution in [0.1, 0.15) is 12.8 Å². The monoisotopic (exact) mass is 435 g/mol. The molecule has 1 aromatic carbocycles. The van der Waals surface area contributed by atoms with Crippen LogP contribution in [0.15, 0.2) is 39.9 Å². The molecule has 1 aromatic heterocycles. The van der Waals surface area contributed by atoms with E-state index in [1.807, 2.05) is 0 Å². The van der Waals surface area contributed by atoms with E-state index in [0.717, 1.165) is 17.4 Å². The van der Waals surface area contributed by atoms with E-state index in [2.05, 4.69) is 10.0 Å². The minimum absolute atomic E-state index is 0. The smallest absolute Gasteiger partial charge is 0.271 e. The summed E-state index contributed by atoms with van der Waals surface area (Å²) in [7, 11) is -3.90. The lowest BCUT2D eigenvalue weighted by atomic mass is 9.90. The fourth-order valence-electron chi connectivity index (χ4n) is 2.51. The second-order valence-electron chi connectivity index (χ2n) is 5.95. The van der Waals surface area contributed by atoms with E-state index in [4.69, 9.17) is 10.5 Å². The topological polar surface area (TPSA) is 111 Å². The Morgan fingerprint density at radius 3 is 2.59 bits per heavy atom. The van der Waals surface area contributed by atoms with E-state index in [1.54, 1.807) is 11.4 Å². The fraction of sp³-hybridized carbons (Fsp3) is 0.312. The van der Waals surface area contributed by atoms with Crippen LogP contribution in [-0.2, 0) is 19.6 Å². The highest BCUT2D eigenvalue weighted by Gasteiger charge is 2.36. The standard InChI is InChI=1S/C16H18FN3O4S2.ClH/c17-12-4-3-11(19-15(21)16(18)5-7-24-8-6-16)10-13(12)20-26(22,23)14-2-1-9-25-14;/h1-4,9-10,20H,5-8,18H2,(H,19,21);1H. The molecule has 0 bridgehead atoms. The highest BCUT2D eigenvalue weighted by Crippen LogP contribution is 2.26. The lowest BCUT2D eigenvalue weighted by Crippen LogP contribution is -2.54. The number of nitrogens with one attached hydrogen (secondary N) is 2. The van der Waals surface area contributed by atoms with E-state index in [9.17, 15) is 17.6 Å². The Morgan fingerprint density at radius 1 is 1.26 bits per heavy atom. The zero-order chi connectivity index (χ0) is 18.8. The molecule has 0 atom stereocenters. The van der Waals surface area contributed by atoms with E-state index < -0.39 is 27.3 Å². The molecule has 27 heavy (non-hydrogen) atoms. The van der Waals surface area contributed by atoms with E-state index in [1.165, 1.54) is 18.2 Å². The van der Waals surface area contributed by atoms with Crippen molar-refractivity contribution in [2.45, 2.75) is 22.6 Å². The summed E-state index contributed by atoms with van der Waals surface area (Å²) in [5, 5.41) is 4.23. The maximum Gasteiger partial charge on any atom is 0.271 e. The van der Waals surface area contributed by atoms with Crippen molar-refractivity contribution in [1.82, 2.24) is 0 Å². The van der Waals surface area contributed by atoms with Gasteiger partial charge in [0.25, 0.3) is 10.0 Å². The molecule has 0 spiro atoms. The normalized spacial score (nSPS) is 16.2. The quantitative estimate of drug-likeness (QED) is 0.668. The maximum atomic E-state index is 14.0. The van der Waals surface area contributed by atoms with Gasteiger partial charge in [-0.3, -0.25) is 9.52 Å². The Hall–Kier alpha value is -1.72. The first-order valence-electron chi connectivity index (χ1n) is 7.84. The van der Waals surface area contributed by atoms with Crippen molar-refractivity contribution in [3.8, 4) is 0 Å². The summed E-state index contributed by atoms with van der Waals surface area (Å²) in [5.74, 6) is -1.17. The van der Waals surface area contributed by atoms with Crippen LogP contribution < -0.4 is 15.8 Å². The predicted octanol–water partition coefficient (Wildman–Crippen LogP) is 2.56. The Kier molecular flexibility index (Phi) is 6.82. The fourth-order valence-corrected chi connectivity index (χ4v) is 4.56. The van der Waals surface area contributed by atoms with Crippen molar-refractivity contribution < 1.29 is 22.3 Å².